The first-order valence-electron chi connectivity index (χ1n) is 7.07. The first-order chi connectivity index (χ1) is 11.8. The lowest BCUT2D eigenvalue weighted by atomic mass is 10.2. The molecule has 0 fully saturated rings. The summed E-state index contributed by atoms with van der Waals surface area (Å²) in [4.78, 5) is 12.2. The number of phenolic OH excluding ortho intramolecular Hbond substituents is 1. The number of nitrogens with zero attached hydrogens (tertiary/aromatic N) is 1. The number of aromatic hydroxyl groups is 1. The van der Waals surface area contributed by atoms with Crippen LogP contribution in [0.3, 0.4) is 0 Å². The molecule has 0 aliphatic carbocycles. The zero-order valence-electron chi connectivity index (χ0n) is 13.6. The fourth-order valence-corrected chi connectivity index (χ4v) is 2.53. The Balaban J connectivity index is 2.16. The van der Waals surface area contributed by atoms with Gasteiger partial charge in [0.2, 0.25) is 10.0 Å². The molecule has 2 rings (SSSR count). The number of hydrogen-bond donors (Lipinski definition) is 3. The van der Waals surface area contributed by atoms with Crippen LogP contribution < -0.4 is 14.9 Å². The molecule has 0 saturated carbocycles. The van der Waals surface area contributed by atoms with Gasteiger partial charge in [0.15, 0.2) is 0 Å². The number of hydrazone groups is 1. The standard InChI is InChI=1S/C16H17N3O5S/c1-24-12-7-8-15(20)11(9-12)10-17-18-16(21)13-5-3-4-6-14(13)19-25(2,22)23/h3-10,19-20H,1-2H3,(H,18,21)/b17-10+. The summed E-state index contributed by atoms with van der Waals surface area (Å²) in [6.07, 6.45) is 2.24. The number of methoxy groups -OCH3 is 1. The first-order valence-corrected chi connectivity index (χ1v) is 8.96. The van der Waals surface area contributed by atoms with Gasteiger partial charge in [-0.1, -0.05) is 12.1 Å². The Bertz CT molecular complexity index is 910. The molecule has 1 amide bonds. The molecule has 0 bridgehead atoms. The minimum absolute atomic E-state index is 0.0297. The molecule has 0 aromatic heterocycles. The Morgan fingerprint density at radius 1 is 1.24 bits per heavy atom. The SMILES string of the molecule is COc1ccc(O)c(/C=N/NC(=O)c2ccccc2NS(C)(=O)=O)c1. The Labute approximate surface area is 145 Å². The van der Waals surface area contributed by atoms with Crippen molar-refractivity contribution in [2.24, 2.45) is 5.10 Å². The molecule has 9 heteroatoms. The molecule has 0 saturated heterocycles. The minimum atomic E-state index is -3.53. The second-order valence-electron chi connectivity index (χ2n) is 5.04. The van der Waals surface area contributed by atoms with Gasteiger partial charge in [0, 0.05) is 5.56 Å². The van der Waals surface area contributed by atoms with Crippen molar-refractivity contribution in [3.05, 3.63) is 53.6 Å². The van der Waals surface area contributed by atoms with Gasteiger partial charge in [-0.3, -0.25) is 9.52 Å². The molecule has 0 heterocycles. The van der Waals surface area contributed by atoms with Gasteiger partial charge in [-0.25, -0.2) is 13.8 Å². The topological polar surface area (TPSA) is 117 Å². The summed E-state index contributed by atoms with van der Waals surface area (Å²) in [6, 6.07) is 10.7. The van der Waals surface area contributed by atoms with E-state index in [1.165, 1.54) is 31.5 Å². The summed E-state index contributed by atoms with van der Waals surface area (Å²) in [5.41, 5.74) is 2.88. The molecule has 0 spiro atoms. The smallest absolute Gasteiger partial charge is 0.273 e. The number of sulfonamides is 1. The van der Waals surface area contributed by atoms with Crippen molar-refractivity contribution in [2.45, 2.75) is 0 Å². The number of rotatable bonds is 6. The van der Waals surface area contributed by atoms with Crippen molar-refractivity contribution < 1.29 is 23.1 Å². The average Bonchev–Trinajstić information content (AvgIpc) is 2.55. The lowest BCUT2D eigenvalue weighted by Gasteiger charge is -2.09. The third kappa shape index (κ3) is 5.21. The lowest BCUT2D eigenvalue weighted by Crippen LogP contribution is -2.20. The predicted octanol–water partition coefficient (Wildman–Crippen LogP) is 1.54. The van der Waals surface area contributed by atoms with Crippen LogP contribution in [0.2, 0.25) is 0 Å². The first kappa shape index (κ1) is 18.3. The highest BCUT2D eigenvalue weighted by molar-refractivity contribution is 7.92. The van der Waals surface area contributed by atoms with E-state index in [1.54, 1.807) is 24.3 Å². The van der Waals surface area contributed by atoms with E-state index in [4.69, 9.17) is 4.74 Å². The maximum atomic E-state index is 12.2. The molecule has 2 aromatic carbocycles. The highest BCUT2D eigenvalue weighted by atomic mass is 32.2. The molecule has 0 atom stereocenters. The summed E-state index contributed by atoms with van der Waals surface area (Å²) in [5.74, 6) is -0.114. The van der Waals surface area contributed by atoms with Crippen molar-refractivity contribution in [1.82, 2.24) is 5.43 Å². The van der Waals surface area contributed by atoms with Crippen molar-refractivity contribution in [2.75, 3.05) is 18.1 Å². The maximum Gasteiger partial charge on any atom is 0.273 e. The van der Waals surface area contributed by atoms with Crippen LogP contribution >= 0.6 is 0 Å². The van der Waals surface area contributed by atoms with E-state index in [1.807, 2.05) is 0 Å². The van der Waals surface area contributed by atoms with Crippen molar-refractivity contribution in [3.63, 3.8) is 0 Å². The number of phenols is 1. The Hall–Kier alpha value is -3.07. The highest BCUT2D eigenvalue weighted by Gasteiger charge is 2.13. The van der Waals surface area contributed by atoms with Gasteiger partial charge in [-0.15, -0.1) is 0 Å². The van der Waals surface area contributed by atoms with Crippen LogP contribution in [0.15, 0.2) is 47.6 Å². The van der Waals surface area contributed by atoms with Gasteiger partial charge < -0.3 is 9.84 Å². The third-order valence-electron chi connectivity index (χ3n) is 3.07. The van der Waals surface area contributed by atoms with E-state index >= 15 is 0 Å². The van der Waals surface area contributed by atoms with Gasteiger partial charge in [-0.2, -0.15) is 5.10 Å². The van der Waals surface area contributed by atoms with Crippen LogP contribution in [-0.4, -0.2) is 39.0 Å². The van der Waals surface area contributed by atoms with E-state index in [9.17, 15) is 18.3 Å². The summed E-state index contributed by atoms with van der Waals surface area (Å²) in [6.45, 7) is 0. The van der Waals surface area contributed by atoms with Crippen LogP contribution in [0, 0.1) is 0 Å². The van der Waals surface area contributed by atoms with Crippen molar-refractivity contribution >= 4 is 27.8 Å². The van der Waals surface area contributed by atoms with Crippen LogP contribution in [-0.2, 0) is 10.0 Å². The molecular formula is C16H17N3O5S. The summed E-state index contributed by atoms with van der Waals surface area (Å²) in [5, 5.41) is 13.5. The summed E-state index contributed by atoms with van der Waals surface area (Å²) in [7, 11) is -2.04. The molecular weight excluding hydrogens is 346 g/mol. The molecule has 3 N–H and O–H groups in total. The number of para-hydroxylation sites is 1. The molecule has 25 heavy (non-hydrogen) atoms. The zero-order chi connectivity index (χ0) is 18.4. The number of carbonyl (C=O) groups is 1. The second-order valence-corrected chi connectivity index (χ2v) is 6.79. The quantitative estimate of drug-likeness (QED) is 0.531. The van der Waals surface area contributed by atoms with E-state index in [0.717, 1.165) is 6.26 Å². The van der Waals surface area contributed by atoms with Gasteiger partial charge in [-0.05, 0) is 30.3 Å². The third-order valence-corrected chi connectivity index (χ3v) is 3.66. The Morgan fingerprint density at radius 3 is 2.64 bits per heavy atom. The summed E-state index contributed by atoms with van der Waals surface area (Å²) >= 11 is 0. The number of hydrogen-bond acceptors (Lipinski definition) is 6. The molecule has 0 radical (unpaired) electrons. The molecule has 8 nitrogen and oxygen atoms in total. The van der Waals surface area contributed by atoms with Crippen molar-refractivity contribution in [3.8, 4) is 11.5 Å². The second kappa shape index (κ2) is 7.67. The Kier molecular flexibility index (Phi) is 5.60. The zero-order valence-corrected chi connectivity index (χ0v) is 14.4. The van der Waals surface area contributed by atoms with Crippen LogP contribution in [0.5, 0.6) is 11.5 Å². The van der Waals surface area contributed by atoms with E-state index in [2.05, 4.69) is 15.2 Å². The molecule has 0 unspecified atom stereocenters. The van der Waals surface area contributed by atoms with Crippen LogP contribution in [0.25, 0.3) is 0 Å². The average molecular weight is 363 g/mol. The largest absolute Gasteiger partial charge is 0.507 e. The number of ether oxygens (including phenoxy) is 1. The molecule has 132 valence electrons. The highest BCUT2D eigenvalue weighted by Crippen LogP contribution is 2.21. The van der Waals surface area contributed by atoms with Gasteiger partial charge >= 0.3 is 0 Å². The summed E-state index contributed by atoms with van der Waals surface area (Å²) < 4.78 is 30.0. The fraction of sp³-hybridized carbons (Fsp3) is 0.125. The lowest BCUT2D eigenvalue weighted by molar-refractivity contribution is 0.0956. The number of carbonyl (C=O) groups excluding carboxylic acids is 1. The van der Waals surface area contributed by atoms with E-state index in [-0.39, 0.29) is 17.0 Å². The molecule has 0 aliphatic rings. The Morgan fingerprint density at radius 2 is 1.96 bits per heavy atom. The van der Waals surface area contributed by atoms with E-state index in [0.29, 0.717) is 11.3 Å². The normalized spacial score (nSPS) is 11.3. The number of amides is 1. The molecule has 0 aliphatic heterocycles. The van der Waals surface area contributed by atoms with E-state index < -0.39 is 15.9 Å². The monoisotopic (exact) mass is 363 g/mol. The number of anilines is 1. The number of nitrogens with one attached hydrogen (secondary N) is 2. The van der Waals surface area contributed by atoms with Gasteiger partial charge in [0.1, 0.15) is 11.5 Å². The number of benzene rings is 2. The minimum Gasteiger partial charge on any atom is -0.507 e. The fourth-order valence-electron chi connectivity index (χ4n) is 1.95. The van der Waals surface area contributed by atoms with Gasteiger partial charge in [0.25, 0.3) is 5.91 Å². The van der Waals surface area contributed by atoms with Crippen LogP contribution in [0.4, 0.5) is 5.69 Å². The predicted molar refractivity (Wildman–Crippen MR) is 94.6 cm³/mol. The van der Waals surface area contributed by atoms with Crippen LogP contribution in [0.1, 0.15) is 15.9 Å². The molecule has 2 aromatic rings. The van der Waals surface area contributed by atoms with Crippen molar-refractivity contribution in [1.29, 1.82) is 0 Å². The maximum absolute atomic E-state index is 12.2. The van der Waals surface area contributed by atoms with Gasteiger partial charge in [0.05, 0.1) is 30.8 Å².